The average Bonchev–Trinajstić information content (AvgIpc) is 3.57. The number of nitrogens with one attached hydrogen (secondary N) is 1. The molecular weight excluding hydrogens is 450 g/mol. The highest BCUT2D eigenvalue weighted by molar-refractivity contribution is 6.50. The molecule has 0 saturated carbocycles. The number of aryl methyl sites for hydroxylation is 1. The Morgan fingerprint density at radius 3 is 2.19 bits per heavy atom. The van der Waals surface area contributed by atoms with Gasteiger partial charge in [0.2, 0.25) is 0 Å². The summed E-state index contributed by atoms with van der Waals surface area (Å²) in [6, 6.07) is 23.3. The Kier molecular flexibility index (Phi) is 5.22. The van der Waals surface area contributed by atoms with Gasteiger partial charge in [-0.2, -0.15) is 0 Å². The van der Waals surface area contributed by atoms with Crippen LogP contribution in [-0.4, -0.2) is 33.4 Å². The van der Waals surface area contributed by atoms with Gasteiger partial charge in [-0.05, 0) is 36.8 Å². The van der Waals surface area contributed by atoms with Crippen molar-refractivity contribution in [3.05, 3.63) is 102 Å². The minimum Gasteiger partial charge on any atom is -0.497 e. The van der Waals surface area contributed by atoms with Crippen LogP contribution in [0.15, 0.2) is 85.2 Å². The van der Waals surface area contributed by atoms with Crippen LogP contribution >= 0.6 is 0 Å². The van der Waals surface area contributed by atoms with E-state index in [2.05, 4.69) is 16.5 Å². The Balaban J connectivity index is 1.55. The molecule has 0 spiro atoms. The van der Waals surface area contributed by atoms with Crippen LogP contribution in [0.25, 0.3) is 33.0 Å². The van der Waals surface area contributed by atoms with E-state index in [0.717, 1.165) is 50.8 Å². The van der Waals surface area contributed by atoms with Gasteiger partial charge in [-0.25, -0.2) is 0 Å². The van der Waals surface area contributed by atoms with Crippen molar-refractivity contribution in [2.75, 3.05) is 7.11 Å². The first-order chi connectivity index (χ1) is 17.6. The number of H-pyrrole nitrogens is 1. The zero-order valence-corrected chi connectivity index (χ0v) is 20.1. The Morgan fingerprint density at radius 1 is 0.806 bits per heavy atom. The van der Waals surface area contributed by atoms with E-state index in [-0.39, 0.29) is 18.4 Å². The van der Waals surface area contributed by atoms with Crippen LogP contribution in [0.4, 0.5) is 0 Å². The molecule has 36 heavy (non-hydrogen) atoms. The topological polar surface area (TPSA) is 67.3 Å². The largest absolute Gasteiger partial charge is 0.497 e. The zero-order chi connectivity index (χ0) is 24.8. The number of hydrogen-bond donors (Lipinski definition) is 1. The summed E-state index contributed by atoms with van der Waals surface area (Å²) in [5.74, 6) is 0.155. The molecule has 0 fully saturated rings. The summed E-state index contributed by atoms with van der Waals surface area (Å²) >= 11 is 0. The van der Waals surface area contributed by atoms with Crippen LogP contribution in [0.1, 0.15) is 23.6 Å². The van der Waals surface area contributed by atoms with Crippen LogP contribution in [0.3, 0.4) is 0 Å². The molecule has 1 aliphatic rings. The molecule has 3 aromatic carbocycles. The summed E-state index contributed by atoms with van der Waals surface area (Å²) in [6.45, 7) is 3.01. The molecule has 2 amide bonds. The number of rotatable bonds is 6. The number of imide groups is 1. The van der Waals surface area contributed by atoms with E-state index in [0.29, 0.717) is 11.1 Å². The van der Waals surface area contributed by atoms with Crippen molar-refractivity contribution in [2.24, 2.45) is 0 Å². The van der Waals surface area contributed by atoms with Gasteiger partial charge in [0.05, 0.1) is 24.8 Å². The number of para-hydroxylation sites is 2. The first-order valence-electron chi connectivity index (χ1n) is 12.0. The van der Waals surface area contributed by atoms with Gasteiger partial charge in [0.15, 0.2) is 0 Å². The van der Waals surface area contributed by atoms with Gasteiger partial charge in [0.25, 0.3) is 11.8 Å². The third-order valence-corrected chi connectivity index (χ3v) is 6.92. The minimum atomic E-state index is -0.288. The van der Waals surface area contributed by atoms with E-state index in [9.17, 15) is 9.59 Å². The third kappa shape index (κ3) is 3.33. The van der Waals surface area contributed by atoms with Gasteiger partial charge in [-0.1, -0.05) is 48.5 Å². The maximum Gasteiger partial charge on any atom is 0.262 e. The number of fused-ring (bicyclic) bond motifs is 2. The lowest BCUT2D eigenvalue weighted by atomic mass is 9.95. The monoisotopic (exact) mass is 475 g/mol. The van der Waals surface area contributed by atoms with Crippen molar-refractivity contribution in [3.8, 4) is 5.75 Å². The number of hydrogen-bond acceptors (Lipinski definition) is 3. The van der Waals surface area contributed by atoms with Crippen molar-refractivity contribution in [2.45, 2.75) is 20.0 Å². The molecule has 1 N–H and O–H groups in total. The molecule has 6 heteroatoms. The van der Waals surface area contributed by atoms with E-state index >= 15 is 0 Å². The molecular formula is C30H25N3O3. The number of ether oxygens (including phenoxy) is 1. The smallest absolute Gasteiger partial charge is 0.262 e. The number of methoxy groups -OCH3 is 1. The van der Waals surface area contributed by atoms with Gasteiger partial charge in [-0.3, -0.25) is 14.5 Å². The molecule has 0 bridgehead atoms. The quantitative estimate of drug-likeness (QED) is 0.324. The maximum absolute atomic E-state index is 14.0. The van der Waals surface area contributed by atoms with E-state index in [4.69, 9.17) is 4.74 Å². The zero-order valence-electron chi connectivity index (χ0n) is 20.1. The van der Waals surface area contributed by atoms with Crippen LogP contribution in [0.2, 0.25) is 0 Å². The predicted molar refractivity (Wildman–Crippen MR) is 141 cm³/mol. The average molecular weight is 476 g/mol. The molecule has 0 unspecified atom stereocenters. The fourth-order valence-electron chi connectivity index (χ4n) is 5.12. The number of aromatic nitrogens is 2. The molecule has 0 saturated heterocycles. The highest BCUT2D eigenvalue weighted by Gasteiger charge is 2.41. The van der Waals surface area contributed by atoms with E-state index < -0.39 is 0 Å². The number of amides is 2. The lowest BCUT2D eigenvalue weighted by Gasteiger charge is -2.15. The molecule has 1 aliphatic heterocycles. The molecule has 178 valence electrons. The summed E-state index contributed by atoms with van der Waals surface area (Å²) < 4.78 is 7.37. The normalized spacial score (nSPS) is 14.0. The van der Waals surface area contributed by atoms with Crippen LogP contribution < -0.4 is 4.74 Å². The van der Waals surface area contributed by atoms with Gasteiger partial charge in [0, 0.05) is 51.9 Å². The Bertz CT molecular complexity index is 1670. The van der Waals surface area contributed by atoms with E-state index in [1.807, 2.05) is 85.2 Å². The maximum atomic E-state index is 14.0. The Labute approximate surface area is 208 Å². The number of carbonyl (C=O) groups is 2. The van der Waals surface area contributed by atoms with Gasteiger partial charge >= 0.3 is 0 Å². The van der Waals surface area contributed by atoms with Crippen molar-refractivity contribution in [3.63, 3.8) is 0 Å². The molecule has 0 radical (unpaired) electrons. The van der Waals surface area contributed by atoms with Crippen LogP contribution in [0, 0.1) is 0 Å². The fourth-order valence-corrected chi connectivity index (χ4v) is 5.12. The first kappa shape index (κ1) is 21.9. The minimum absolute atomic E-state index is 0.184. The molecule has 2 aromatic heterocycles. The summed E-state index contributed by atoms with van der Waals surface area (Å²) in [5.41, 5.74) is 5.21. The molecule has 0 atom stereocenters. The second-order valence-electron chi connectivity index (χ2n) is 8.89. The van der Waals surface area contributed by atoms with Gasteiger partial charge in [-0.15, -0.1) is 0 Å². The molecule has 6 nitrogen and oxygen atoms in total. The number of carbonyl (C=O) groups excluding carboxylic acids is 2. The number of nitrogens with zero attached hydrogens (tertiary/aromatic N) is 2. The standard InChI is InChI=1S/C30H25N3O3/c1-3-32-18-24(22-9-5-7-11-26(22)32)28-27(23-16-31-25-10-6-4-8-21(23)25)29(34)33(30(28)35)17-19-12-14-20(36-2)15-13-19/h4-16,18,31H,3,17H2,1-2H3. The third-order valence-electron chi connectivity index (χ3n) is 6.92. The van der Waals surface area contributed by atoms with Crippen molar-refractivity contribution >= 4 is 44.8 Å². The van der Waals surface area contributed by atoms with Gasteiger partial charge < -0.3 is 14.3 Å². The highest BCUT2D eigenvalue weighted by Crippen LogP contribution is 2.41. The summed E-state index contributed by atoms with van der Waals surface area (Å²) in [7, 11) is 1.61. The fraction of sp³-hybridized carbons (Fsp3) is 0.133. The van der Waals surface area contributed by atoms with Crippen molar-refractivity contribution < 1.29 is 14.3 Å². The highest BCUT2D eigenvalue weighted by atomic mass is 16.5. The molecule has 0 aliphatic carbocycles. The molecule has 5 aromatic rings. The van der Waals surface area contributed by atoms with Crippen LogP contribution in [-0.2, 0) is 22.7 Å². The SMILES string of the molecule is CCn1cc(C2=C(c3c[nH]c4ccccc34)C(=O)N(Cc3ccc(OC)cc3)C2=O)c2ccccc21. The Hall–Kier alpha value is -4.58. The summed E-state index contributed by atoms with van der Waals surface area (Å²) in [4.78, 5) is 32.6. The second-order valence-corrected chi connectivity index (χ2v) is 8.89. The molecule has 3 heterocycles. The second kappa shape index (κ2) is 8.57. The number of aromatic amines is 1. The Morgan fingerprint density at radius 2 is 1.47 bits per heavy atom. The molecule has 6 rings (SSSR count). The lowest BCUT2D eigenvalue weighted by molar-refractivity contribution is -0.136. The summed E-state index contributed by atoms with van der Waals surface area (Å²) in [5, 5.41) is 1.87. The number of benzene rings is 3. The van der Waals surface area contributed by atoms with Crippen LogP contribution in [0.5, 0.6) is 5.75 Å². The van der Waals surface area contributed by atoms with Crippen molar-refractivity contribution in [1.29, 1.82) is 0 Å². The lowest BCUT2D eigenvalue weighted by Crippen LogP contribution is -2.30. The predicted octanol–water partition coefficient (Wildman–Crippen LogP) is 5.63. The van der Waals surface area contributed by atoms with Crippen molar-refractivity contribution in [1.82, 2.24) is 14.5 Å². The van der Waals surface area contributed by atoms with Gasteiger partial charge in [0.1, 0.15) is 5.75 Å². The summed E-state index contributed by atoms with van der Waals surface area (Å²) in [6.07, 6.45) is 3.83. The van der Waals surface area contributed by atoms with E-state index in [1.165, 1.54) is 4.90 Å². The van der Waals surface area contributed by atoms with E-state index in [1.54, 1.807) is 7.11 Å². The first-order valence-corrected chi connectivity index (χ1v) is 12.0.